The number of alkyl halides is 3. The van der Waals surface area contributed by atoms with Gasteiger partial charge >= 0.3 is 6.18 Å². The molecule has 2 aliphatic rings. The van der Waals surface area contributed by atoms with Gasteiger partial charge in [-0.3, -0.25) is 14.4 Å². The van der Waals surface area contributed by atoms with E-state index in [4.69, 9.17) is 14.2 Å². The maximum Gasteiger partial charge on any atom is 0.405 e. The van der Waals surface area contributed by atoms with Crippen molar-refractivity contribution in [3.05, 3.63) is 23.8 Å². The Morgan fingerprint density at radius 2 is 2.00 bits per heavy atom. The molecular weight excluding hydrogens is 447 g/mol. The van der Waals surface area contributed by atoms with Gasteiger partial charge in [0.25, 0.3) is 5.91 Å². The normalized spacial score (nSPS) is 22.9. The van der Waals surface area contributed by atoms with Crippen molar-refractivity contribution in [1.82, 2.24) is 10.2 Å². The molecule has 2 N–H and O–H groups in total. The van der Waals surface area contributed by atoms with Crippen LogP contribution < -0.4 is 15.4 Å². The second-order valence-electron chi connectivity index (χ2n) is 7.96. The number of hydrogen-bond donors (Lipinski definition) is 2. The van der Waals surface area contributed by atoms with Gasteiger partial charge in [0.2, 0.25) is 11.8 Å². The van der Waals surface area contributed by atoms with Crippen LogP contribution in [-0.4, -0.2) is 81.0 Å². The van der Waals surface area contributed by atoms with Crippen LogP contribution in [0.1, 0.15) is 29.6 Å². The van der Waals surface area contributed by atoms with E-state index >= 15 is 0 Å². The summed E-state index contributed by atoms with van der Waals surface area (Å²) in [6, 6.07) is 4.34. The number of methoxy groups -OCH3 is 1. The largest absolute Gasteiger partial charge is 0.490 e. The molecule has 3 rings (SSSR count). The van der Waals surface area contributed by atoms with Crippen LogP contribution in [0.3, 0.4) is 0 Å². The Hall–Kier alpha value is -2.86. The van der Waals surface area contributed by atoms with Crippen molar-refractivity contribution in [3.8, 4) is 5.75 Å². The Kier molecular flexibility index (Phi) is 7.80. The predicted octanol–water partition coefficient (Wildman–Crippen LogP) is 1.72. The number of hydrogen-bond acceptors (Lipinski definition) is 6. The summed E-state index contributed by atoms with van der Waals surface area (Å²) >= 11 is 0. The Bertz CT molecular complexity index is 894. The fourth-order valence-corrected chi connectivity index (χ4v) is 3.91. The number of carbonyl (C=O) groups is 3. The highest BCUT2D eigenvalue weighted by molar-refractivity contribution is 6.00. The van der Waals surface area contributed by atoms with Crippen LogP contribution in [-0.2, 0) is 19.1 Å². The van der Waals surface area contributed by atoms with E-state index in [0.29, 0.717) is 24.3 Å². The lowest BCUT2D eigenvalue weighted by atomic mass is 9.94. The van der Waals surface area contributed by atoms with Crippen molar-refractivity contribution in [2.24, 2.45) is 0 Å². The molecule has 1 fully saturated rings. The molecule has 0 radical (unpaired) electrons. The molecule has 0 aliphatic carbocycles. The molecule has 1 aromatic rings. The third kappa shape index (κ3) is 6.57. The monoisotopic (exact) mass is 473 g/mol. The molecule has 0 aromatic heterocycles. The predicted molar refractivity (Wildman–Crippen MR) is 110 cm³/mol. The van der Waals surface area contributed by atoms with Crippen molar-refractivity contribution in [2.45, 2.75) is 43.7 Å². The molecule has 0 spiro atoms. The van der Waals surface area contributed by atoms with E-state index in [1.54, 1.807) is 19.2 Å². The molecule has 1 saturated heterocycles. The van der Waals surface area contributed by atoms with E-state index in [-0.39, 0.29) is 43.1 Å². The number of carbonyl (C=O) groups excluding carboxylic acids is 3. The Labute approximate surface area is 188 Å². The summed E-state index contributed by atoms with van der Waals surface area (Å²) in [5.74, 6) is -1.13. The zero-order chi connectivity index (χ0) is 24.2. The number of anilines is 1. The van der Waals surface area contributed by atoms with Gasteiger partial charge in [-0.2, -0.15) is 13.2 Å². The average Bonchev–Trinajstić information content (AvgIpc) is 2.75. The standard InChI is InChI=1S/C21H26F3N3O6/c1-27-15-5-4-13(8-18(28)25-11-21(22,23)24)33-17(15)9-32-16-6-3-12(7-14(16)20(27)30)26-19(29)10-31-2/h3,6-7,13,15,17H,4-5,8-11H2,1-2H3,(H,25,28)(H,26,29)/t13-,15+,17+/m0/s1. The van der Waals surface area contributed by atoms with Crippen LogP contribution in [0.15, 0.2) is 18.2 Å². The third-order valence-electron chi connectivity index (χ3n) is 5.47. The fourth-order valence-electron chi connectivity index (χ4n) is 3.91. The van der Waals surface area contributed by atoms with E-state index in [9.17, 15) is 27.6 Å². The van der Waals surface area contributed by atoms with Crippen molar-refractivity contribution in [3.63, 3.8) is 0 Å². The van der Waals surface area contributed by atoms with E-state index < -0.39 is 30.8 Å². The molecular formula is C21H26F3N3O6. The van der Waals surface area contributed by atoms with E-state index in [2.05, 4.69) is 5.32 Å². The highest BCUT2D eigenvalue weighted by atomic mass is 19.4. The van der Waals surface area contributed by atoms with Gasteiger partial charge in [-0.15, -0.1) is 0 Å². The highest BCUT2D eigenvalue weighted by Crippen LogP contribution is 2.32. The topological polar surface area (TPSA) is 106 Å². The number of nitrogens with one attached hydrogen (secondary N) is 2. The first-order valence-electron chi connectivity index (χ1n) is 10.4. The number of rotatable bonds is 6. The molecule has 2 heterocycles. The second-order valence-corrected chi connectivity index (χ2v) is 7.96. The lowest BCUT2D eigenvalue weighted by Gasteiger charge is -2.42. The van der Waals surface area contributed by atoms with Gasteiger partial charge in [-0.1, -0.05) is 0 Å². The SMILES string of the molecule is COCC(=O)Nc1ccc2c(c1)C(=O)N(C)[C@@H]1CC[C@@H](CC(=O)NCC(F)(F)F)O[C@@H]1CO2. The summed E-state index contributed by atoms with van der Waals surface area (Å²) in [5, 5.41) is 4.48. The molecule has 0 bridgehead atoms. The third-order valence-corrected chi connectivity index (χ3v) is 5.47. The molecule has 3 atom stereocenters. The maximum atomic E-state index is 13.1. The van der Waals surface area contributed by atoms with Gasteiger partial charge in [0.05, 0.1) is 24.1 Å². The minimum atomic E-state index is -4.48. The quantitative estimate of drug-likeness (QED) is 0.652. The summed E-state index contributed by atoms with van der Waals surface area (Å²) in [6.07, 6.45) is -4.93. The second kappa shape index (κ2) is 10.4. The Morgan fingerprint density at radius 3 is 2.70 bits per heavy atom. The Morgan fingerprint density at radius 1 is 1.24 bits per heavy atom. The number of nitrogens with zero attached hydrogens (tertiary/aromatic N) is 1. The highest BCUT2D eigenvalue weighted by Gasteiger charge is 2.39. The molecule has 182 valence electrons. The summed E-state index contributed by atoms with van der Waals surface area (Å²) in [7, 11) is 3.03. The van der Waals surface area contributed by atoms with Crippen molar-refractivity contribution >= 4 is 23.4 Å². The van der Waals surface area contributed by atoms with Gasteiger partial charge in [0.15, 0.2) is 0 Å². The van der Waals surface area contributed by atoms with E-state index in [0.717, 1.165) is 0 Å². The smallest absolute Gasteiger partial charge is 0.405 e. The lowest BCUT2D eigenvalue weighted by Crippen LogP contribution is -2.54. The van der Waals surface area contributed by atoms with Crippen LogP contribution in [0.25, 0.3) is 0 Å². The number of halogens is 3. The zero-order valence-electron chi connectivity index (χ0n) is 18.2. The fraction of sp³-hybridized carbons (Fsp3) is 0.571. The first kappa shape index (κ1) is 24.8. The lowest BCUT2D eigenvalue weighted by molar-refractivity contribution is -0.144. The molecule has 1 aromatic carbocycles. The molecule has 2 aliphatic heterocycles. The van der Waals surface area contributed by atoms with Crippen molar-refractivity contribution < 1.29 is 41.8 Å². The number of likely N-dealkylation sites (N-methyl/N-ethyl adjacent to an activating group) is 1. The van der Waals surface area contributed by atoms with Gasteiger partial charge in [-0.25, -0.2) is 0 Å². The van der Waals surface area contributed by atoms with Crippen LogP contribution >= 0.6 is 0 Å². The minimum absolute atomic E-state index is 0.0886. The number of ether oxygens (including phenoxy) is 3. The summed E-state index contributed by atoms with van der Waals surface area (Å²) in [5.41, 5.74) is 0.697. The van der Waals surface area contributed by atoms with E-state index in [1.807, 2.05) is 5.32 Å². The number of benzene rings is 1. The van der Waals surface area contributed by atoms with Crippen LogP contribution in [0.4, 0.5) is 18.9 Å². The zero-order valence-corrected chi connectivity index (χ0v) is 18.2. The first-order chi connectivity index (χ1) is 15.6. The average molecular weight is 473 g/mol. The van der Waals surface area contributed by atoms with Gasteiger partial charge in [0, 0.05) is 19.8 Å². The molecule has 33 heavy (non-hydrogen) atoms. The summed E-state index contributed by atoms with van der Waals surface area (Å²) in [6.45, 7) is -1.43. The van der Waals surface area contributed by atoms with Gasteiger partial charge in [-0.05, 0) is 31.0 Å². The molecule has 12 heteroatoms. The van der Waals surface area contributed by atoms with Gasteiger partial charge < -0.3 is 29.7 Å². The summed E-state index contributed by atoms with van der Waals surface area (Å²) < 4.78 is 53.4. The van der Waals surface area contributed by atoms with Crippen LogP contribution in [0.5, 0.6) is 5.75 Å². The van der Waals surface area contributed by atoms with Crippen LogP contribution in [0, 0.1) is 0 Å². The summed E-state index contributed by atoms with van der Waals surface area (Å²) in [4.78, 5) is 38.3. The Balaban J connectivity index is 1.67. The van der Waals surface area contributed by atoms with Crippen molar-refractivity contribution in [1.29, 1.82) is 0 Å². The van der Waals surface area contributed by atoms with Gasteiger partial charge in [0.1, 0.15) is 31.6 Å². The maximum absolute atomic E-state index is 13.1. The molecule has 3 amide bonds. The van der Waals surface area contributed by atoms with Crippen molar-refractivity contribution in [2.75, 3.05) is 39.2 Å². The molecule has 9 nitrogen and oxygen atoms in total. The number of amides is 3. The minimum Gasteiger partial charge on any atom is -0.490 e. The van der Waals surface area contributed by atoms with E-state index in [1.165, 1.54) is 18.1 Å². The molecule has 0 saturated carbocycles. The first-order valence-corrected chi connectivity index (χ1v) is 10.4. The number of fused-ring (bicyclic) bond motifs is 2. The van der Waals surface area contributed by atoms with Crippen LogP contribution in [0.2, 0.25) is 0 Å². The molecule has 0 unspecified atom stereocenters.